The number of ether oxygens (including phenoxy) is 1. The van der Waals surface area contributed by atoms with Crippen LogP contribution in [0.2, 0.25) is 0 Å². The zero-order valence-corrected chi connectivity index (χ0v) is 6.87. The molecule has 1 aromatic rings. The van der Waals surface area contributed by atoms with Gasteiger partial charge in [0.05, 0.1) is 19.4 Å². The normalized spacial score (nSPS) is 9.58. The summed E-state index contributed by atoms with van der Waals surface area (Å²) in [6, 6.07) is 5.26. The molecular formula is C8H12N2O2. The van der Waals surface area contributed by atoms with Gasteiger partial charge in [0.15, 0.2) is 0 Å². The monoisotopic (exact) mass is 168 g/mol. The van der Waals surface area contributed by atoms with Crippen molar-refractivity contribution < 1.29 is 9.84 Å². The Balaban J connectivity index is 3.02. The maximum absolute atomic E-state index is 8.88. The van der Waals surface area contributed by atoms with Crippen molar-refractivity contribution in [3.63, 3.8) is 0 Å². The number of aliphatic hydroxyl groups excluding tert-OH is 1. The number of nitrogens with one attached hydrogen (secondary N) is 1. The average molecular weight is 168 g/mol. The van der Waals surface area contributed by atoms with Crippen molar-refractivity contribution in [1.29, 1.82) is 0 Å². The molecule has 4 nitrogen and oxygen atoms in total. The molecule has 0 spiro atoms. The lowest BCUT2D eigenvalue weighted by Gasteiger charge is -2.07. The van der Waals surface area contributed by atoms with Crippen LogP contribution in [0, 0.1) is 0 Å². The fraction of sp³-hybridized carbons (Fsp3) is 0.250. The molecular weight excluding hydrogens is 156 g/mol. The van der Waals surface area contributed by atoms with Crippen LogP contribution in [-0.2, 0) is 6.61 Å². The summed E-state index contributed by atoms with van der Waals surface area (Å²) in [6.45, 7) is -0.0382. The lowest BCUT2D eigenvalue weighted by atomic mass is 10.2. The highest BCUT2D eigenvalue weighted by molar-refractivity contribution is 5.54. The van der Waals surface area contributed by atoms with E-state index in [4.69, 9.17) is 15.7 Å². The fourth-order valence-corrected chi connectivity index (χ4v) is 0.955. The van der Waals surface area contributed by atoms with Crippen molar-refractivity contribution in [2.75, 3.05) is 12.5 Å². The molecule has 4 heteroatoms. The summed E-state index contributed by atoms with van der Waals surface area (Å²) in [5, 5.41) is 8.88. The molecule has 0 atom stereocenters. The minimum atomic E-state index is -0.0382. The largest absolute Gasteiger partial charge is 0.497 e. The molecule has 0 aliphatic heterocycles. The van der Waals surface area contributed by atoms with Crippen LogP contribution in [0.1, 0.15) is 5.56 Å². The minimum Gasteiger partial charge on any atom is -0.497 e. The van der Waals surface area contributed by atoms with Gasteiger partial charge >= 0.3 is 0 Å². The highest BCUT2D eigenvalue weighted by Gasteiger charge is 2.00. The minimum absolute atomic E-state index is 0.0382. The molecule has 0 aliphatic carbocycles. The third-order valence-corrected chi connectivity index (χ3v) is 1.64. The molecule has 0 aromatic heterocycles. The Bertz CT molecular complexity index is 263. The lowest BCUT2D eigenvalue weighted by Crippen LogP contribution is -2.09. The van der Waals surface area contributed by atoms with Crippen LogP contribution in [0.5, 0.6) is 5.75 Å². The summed E-state index contributed by atoms with van der Waals surface area (Å²) < 4.78 is 4.98. The Labute approximate surface area is 70.9 Å². The van der Waals surface area contributed by atoms with Gasteiger partial charge in [-0.15, -0.1) is 0 Å². The van der Waals surface area contributed by atoms with Gasteiger partial charge in [-0.2, -0.15) is 0 Å². The van der Waals surface area contributed by atoms with Gasteiger partial charge in [-0.25, -0.2) is 0 Å². The summed E-state index contributed by atoms with van der Waals surface area (Å²) in [7, 11) is 1.58. The Hall–Kier alpha value is -1.26. The summed E-state index contributed by atoms with van der Waals surface area (Å²) in [5.74, 6) is 5.94. The molecule has 0 saturated heterocycles. The van der Waals surface area contributed by atoms with E-state index in [1.54, 1.807) is 25.3 Å². The fourth-order valence-electron chi connectivity index (χ4n) is 0.955. The summed E-state index contributed by atoms with van der Waals surface area (Å²) >= 11 is 0. The molecule has 0 fully saturated rings. The van der Waals surface area contributed by atoms with E-state index < -0.39 is 0 Å². The van der Waals surface area contributed by atoms with Crippen LogP contribution in [-0.4, -0.2) is 12.2 Å². The molecule has 0 aliphatic rings. The van der Waals surface area contributed by atoms with Crippen LogP contribution < -0.4 is 16.0 Å². The van der Waals surface area contributed by atoms with Gasteiger partial charge < -0.3 is 15.3 Å². The Kier molecular flexibility index (Phi) is 2.90. The predicted molar refractivity (Wildman–Crippen MR) is 46.7 cm³/mol. The van der Waals surface area contributed by atoms with Gasteiger partial charge in [0.25, 0.3) is 0 Å². The molecule has 0 saturated carbocycles. The molecule has 0 bridgehead atoms. The maximum Gasteiger partial charge on any atom is 0.120 e. The van der Waals surface area contributed by atoms with E-state index in [2.05, 4.69) is 5.43 Å². The van der Waals surface area contributed by atoms with Crippen molar-refractivity contribution in [1.82, 2.24) is 0 Å². The molecule has 12 heavy (non-hydrogen) atoms. The predicted octanol–water partition coefficient (Wildman–Crippen LogP) is 0.473. The quantitative estimate of drug-likeness (QED) is 0.453. The Morgan fingerprint density at radius 1 is 1.58 bits per heavy atom. The number of anilines is 1. The average Bonchev–Trinajstić information content (AvgIpc) is 2.16. The standard InChI is InChI=1S/C8H12N2O2/c1-12-7-3-2-6(5-11)8(4-7)10-9/h2-4,10-11H,5,9H2,1H3. The number of rotatable bonds is 3. The van der Waals surface area contributed by atoms with E-state index in [-0.39, 0.29) is 6.61 Å². The zero-order chi connectivity index (χ0) is 8.97. The van der Waals surface area contributed by atoms with Gasteiger partial charge in [-0.1, -0.05) is 6.07 Å². The summed E-state index contributed by atoms with van der Waals surface area (Å²) in [5.41, 5.74) is 3.91. The van der Waals surface area contributed by atoms with E-state index in [1.165, 1.54) is 0 Å². The molecule has 1 rings (SSSR count). The van der Waals surface area contributed by atoms with Crippen molar-refractivity contribution in [3.05, 3.63) is 23.8 Å². The van der Waals surface area contributed by atoms with Gasteiger partial charge in [-0.3, -0.25) is 5.84 Å². The van der Waals surface area contributed by atoms with E-state index in [0.717, 1.165) is 5.56 Å². The summed E-state index contributed by atoms with van der Waals surface area (Å²) in [4.78, 5) is 0. The molecule has 0 amide bonds. The highest BCUT2D eigenvalue weighted by Crippen LogP contribution is 2.21. The number of nitrogens with two attached hydrogens (primary N) is 1. The van der Waals surface area contributed by atoms with Crippen LogP contribution in [0.25, 0.3) is 0 Å². The number of methoxy groups -OCH3 is 1. The lowest BCUT2D eigenvalue weighted by molar-refractivity contribution is 0.282. The first-order chi connectivity index (χ1) is 5.81. The zero-order valence-electron chi connectivity index (χ0n) is 6.87. The van der Waals surface area contributed by atoms with Crippen molar-refractivity contribution in [3.8, 4) is 5.75 Å². The van der Waals surface area contributed by atoms with Gasteiger partial charge in [-0.05, 0) is 6.07 Å². The Morgan fingerprint density at radius 3 is 2.83 bits per heavy atom. The molecule has 1 aromatic carbocycles. The first kappa shape index (κ1) is 8.83. The van der Waals surface area contributed by atoms with Gasteiger partial charge in [0.1, 0.15) is 5.75 Å². The first-order valence-electron chi connectivity index (χ1n) is 3.56. The van der Waals surface area contributed by atoms with Crippen LogP contribution in [0.15, 0.2) is 18.2 Å². The molecule has 0 unspecified atom stereocenters. The second-order valence-electron chi connectivity index (χ2n) is 2.33. The second-order valence-corrected chi connectivity index (χ2v) is 2.33. The topological polar surface area (TPSA) is 67.5 Å². The smallest absolute Gasteiger partial charge is 0.120 e. The first-order valence-corrected chi connectivity index (χ1v) is 3.56. The number of hydrogen-bond donors (Lipinski definition) is 3. The van der Waals surface area contributed by atoms with Crippen LogP contribution in [0.3, 0.4) is 0 Å². The van der Waals surface area contributed by atoms with Gasteiger partial charge in [0.2, 0.25) is 0 Å². The second kappa shape index (κ2) is 3.94. The molecule has 0 heterocycles. The van der Waals surface area contributed by atoms with E-state index in [0.29, 0.717) is 11.4 Å². The van der Waals surface area contributed by atoms with Crippen molar-refractivity contribution >= 4 is 5.69 Å². The van der Waals surface area contributed by atoms with Crippen molar-refractivity contribution in [2.45, 2.75) is 6.61 Å². The van der Waals surface area contributed by atoms with Crippen LogP contribution >= 0.6 is 0 Å². The Morgan fingerprint density at radius 2 is 2.33 bits per heavy atom. The SMILES string of the molecule is COc1ccc(CO)c(NN)c1. The number of benzene rings is 1. The van der Waals surface area contributed by atoms with E-state index >= 15 is 0 Å². The third kappa shape index (κ3) is 1.66. The van der Waals surface area contributed by atoms with Gasteiger partial charge in [0, 0.05) is 11.6 Å². The number of nitrogen functional groups attached to an aromatic ring is 1. The molecule has 66 valence electrons. The highest BCUT2D eigenvalue weighted by atomic mass is 16.5. The number of hydrogen-bond acceptors (Lipinski definition) is 4. The van der Waals surface area contributed by atoms with Crippen LogP contribution in [0.4, 0.5) is 5.69 Å². The van der Waals surface area contributed by atoms with E-state index in [1.807, 2.05) is 0 Å². The maximum atomic E-state index is 8.88. The number of hydrazine groups is 1. The summed E-state index contributed by atoms with van der Waals surface area (Å²) in [6.07, 6.45) is 0. The van der Waals surface area contributed by atoms with E-state index in [9.17, 15) is 0 Å². The molecule has 4 N–H and O–H groups in total. The molecule has 0 radical (unpaired) electrons. The van der Waals surface area contributed by atoms with Crippen molar-refractivity contribution in [2.24, 2.45) is 5.84 Å². The third-order valence-electron chi connectivity index (χ3n) is 1.64. The number of aliphatic hydroxyl groups is 1.